The summed E-state index contributed by atoms with van der Waals surface area (Å²) in [5.74, 6) is -0.446. The van der Waals surface area contributed by atoms with Gasteiger partial charge in [-0.1, -0.05) is 19.1 Å². The van der Waals surface area contributed by atoms with Crippen LogP contribution in [0.15, 0.2) is 59.8 Å². The Morgan fingerprint density at radius 1 is 1.21 bits per heavy atom. The van der Waals surface area contributed by atoms with Crippen LogP contribution >= 0.6 is 0 Å². The fraction of sp³-hybridized carbons (Fsp3) is 0.200. The van der Waals surface area contributed by atoms with Crippen molar-refractivity contribution in [1.82, 2.24) is 14.9 Å². The monoisotopic (exact) mass is 479 g/mol. The molecule has 1 aliphatic rings. The number of hydrogen-bond acceptors (Lipinski definition) is 4. The summed E-state index contributed by atoms with van der Waals surface area (Å²) in [4.78, 5) is 22.1. The highest BCUT2D eigenvalue weighted by Crippen LogP contribution is 2.31. The van der Waals surface area contributed by atoms with Gasteiger partial charge in [0, 0.05) is 23.2 Å². The Kier molecular flexibility index (Phi) is 5.89. The summed E-state index contributed by atoms with van der Waals surface area (Å²) in [5, 5.41) is 0. The van der Waals surface area contributed by atoms with Gasteiger partial charge in [-0.2, -0.15) is 0 Å². The number of hydrogen-bond donors (Lipinski definition) is 2. The Morgan fingerprint density at radius 3 is 2.79 bits per heavy atom. The molecule has 9 heteroatoms. The van der Waals surface area contributed by atoms with Crippen molar-refractivity contribution in [3.8, 4) is 16.9 Å². The zero-order valence-corrected chi connectivity index (χ0v) is 19.2. The topological polar surface area (TPSA) is 95.5 Å². The number of amides is 1. The second-order valence-corrected chi connectivity index (χ2v) is 8.98. The van der Waals surface area contributed by atoms with E-state index in [4.69, 9.17) is 4.74 Å². The van der Waals surface area contributed by atoms with E-state index in [2.05, 4.69) is 9.97 Å². The van der Waals surface area contributed by atoms with Crippen LogP contribution in [0, 0.1) is 5.82 Å². The zero-order valence-electron chi connectivity index (χ0n) is 18.4. The maximum Gasteiger partial charge on any atom is 0.254 e. The average molecular weight is 480 g/mol. The highest BCUT2D eigenvalue weighted by atomic mass is 32.2. The molecule has 1 aromatic heterocycles. The minimum atomic E-state index is -2.46. The van der Waals surface area contributed by atoms with E-state index in [1.165, 1.54) is 12.1 Å². The van der Waals surface area contributed by atoms with Gasteiger partial charge in [-0.05, 0) is 53.9 Å². The van der Waals surface area contributed by atoms with Crippen molar-refractivity contribution in [2.45, 2.75) is 24.8 Å². The third kappa shape index (κ3) is 3.97. The number of nitrogens with zero attached hydrogens (tertiary/aromatic N) is 2. The fourth-order valence-corrected chi connectivity index (χ4v) is 4.77. The number of nitrogens with one attached hydrogen (secondary N) is 1. The van der Waals surface area contributed by atoms with E-state index < -0.39 is 16.9 Å². The number of benzene rings is 3. The third-order valence-electron chi connectivity index (χ3n) is 6.06. The molecule has 0 aliphatic carbocycles. The van der Waals surface area contributed by atoms with Crippen LogP contribution in [0.5, 0.6) is 5.75 Å². The van der Waals surface area contributed by atoms with Crippen LogP contribution < -0.4 is 4.74 Å². The van der Waals surface area contributed by atoms with Gasteiger partial charge in [0.1, 0.15) is 23.1 Å². The van der Waals surface area contributed by atoms with E-state index in [0.29, 0.717) is 25.4 Å². The molecule has 0 fully saturated rings. The molecular weight excluding hydrogens is 457 g/mol. The first-order valence-electron chi connectivity index (χ1n) is 10.9. The summed E-state index contributed by atoms with van der Waals surface area (Å²) < 4.78 is 41.4. The Hall–Kier alpha value is -3.56. The highest BCUT2D eigenvalue weighted by molar-refractivity contribution is 7.79. The molecule has 1 unspecified atom stereocenters. The number of H-pyrrole nitrogens is 1. The molecule has 2 N–H and O–H groups in total. The van der Waals surface area contributed by atoms with Crippen molar-refractivity contribution in [3.05, 3.63) is 77.4 Å². The SMILES string of the molecule is CCc1c(C(=O)N2CCOc3ccc(-c4ccc5nc[nH]c5c4)cc3C2)ccc(S(=O)O)c1F. The number of halogens is 1. The summed E-state index contributed by atoms with van der Waals surface area (Å²) >= 11 is -2.46. The summed E-state index contributed by atoms with van der Waals surface area (Å²) in [6.45, 7) is 2.65. The number of aromatic amines is 1. The maximum absolute atomic E-state index is 14.8. The van der Waals surface area contributed by atoms with Gasteiger partial charge in [0.25, 0.3) is 5.91 Å². The molecule has 3 aromatic carbocycles. The molecule has 0 bridgehead atoms. The lowest BCUT2D eigenvalue weighted by Crippen LogP contribution is -2.33. The van der Waals surface area contributed by atoms with Crippen molar-refractivity contribution >= 4 is 28.0 Å². The molecule has 5 rings (SSSR count). The Labute approximate surface area is 197 Å². The first kappa shape index (κ1) is 22.2. The molecule has 1 amide bonds. The van der Waals surface area contributed by atoms with E-state index in [0.717, 1.165) is 27.7 Å². The van der Waals surface area contributed by atoms with E-state index >= 15 is 0 Å². The third-order valence-corrected chi connectivity index (χ3v) is 6.75. The van der Waals surface area contributed by atoms with Crippen molar-refractivity contribution in [2.24, 2.45) is 0 Å². The van der Waals surface area contributed by atoms with Crippen LogP contribution in [0.1, 0.15) is 28.4 Å². The second kappa shape index (κ2) is 9.00. The van der Waals surface area contributed by atoms with Crippen LogP contribution in [-0.2, 0) is 24.0 Å². The Balaban J connectivity index is 1.48. The molecule has 34 heavy (non-hydrogen) atoms. The quantitative estimate of drug-likeness (QED) is 0.419. The minimum absolute atomic E-state index is 0.136. The molecule has 174 valence electrons. The van der Waals surface area contributed by atoms with Crippen molar-refractivity contribution in [1.29, 1.82) is 0 Å². The molecule has 0 saturated heterocycles. The predicted octanol–water partition coefficient (Wildman–Crippen LogP) is 4.55. The molecule has 0 saturated carbocycles. The number of aromatic nitrogens is 2. The predicted molar refractivity (Wildman–Crippen MR) is 127 cm³/mol. The molecular formula is C25H22FN3O4S. The van der Waals surface area contributed by atoms with Gasteiger partial charge < -0.3 is 19.2 Å². The van der Waals surface area contributed by atoms with Gasteiger partial charge in [0.05, 0.1) is 23.9 Å². The lowest BCUT2D eigenvalue weighted by Gasteiger charge is -2.22. The summed E-state index contributed by atoms with van der Waals surface area (Å²) in [6.07, 6.45) is 1.88. The number of ether oxygens (including phenoxy) is 1. The second-order valence-electron chi connectivity index (χ2n) is 8.04. The molecule has 1 aliphatic heterocycles. The van der Waals surface area contributed by atoms with Gasteiger partial charge in [-0.15, -0.1) is 0 Å². The average Bonchev–Trinajstić information content (AvgIpc) is 3.20. The van der Waals surface area contributed by atoms with E-state index in [-0.39, 0.29) is 28.4 Å². The highest BCUT2D eigenvalue weighted by Gasteiger charge is 2.26. The van der Waals surface area contributed by atoms with Gasteiger partial charge in [-0.3, -0.25) is 4.79 Å². The van der Waals surface area contributed by atoms with E-state index in [1.807, 2.05) is 36.4 Å². The first-order chi connectivity index (χ1) is 16.5. The van der Waals surface area contributed by atoms with E-state index in [9.17, 15) is 17.9 Å². The lowest BCUT2D eigenvalue weighted by atomic mass is 10.0. The minimum Gasteiger partial charge on any atom is -0.491 e. The number of carbonyl (C=O) groups is 1. The Bertz CT molecular complexity index is 1440. The number of imidazole rings is 1. The van der Waals surface area contributed by atoms with Crippen molar-refractivity contribution in [3.63, 3.8) is 0 Å². The number of rotatable bonds is 4. The molecule has 1 atom stereocenters. The maximum atomic E-state index is 14.8. The normalized spacial score (nSPS) is 14.4. The van der Waals surface area contributed by atoms with Gasteiger partial charge in [-0.25, -0.2) is 13.6 Å². The molecule has 7 nitrogen and oxygen atoms in total. The molecule has 2 heterocycles. The van der Waals surface area contributed by atoms with Crippen LogP contribution in [-0.4, -0.2) is 42.7 Å². The zero-order chi connectivity index (χ0) is 23.8. The van der Waals surface area contributed by atoms with E-state index in [1.54, 1.807) is 18.2 Å². The molecule has 0 spiro atoms. The first-order valence-corrected chi connectivity index (χ1v) is 12.0. The number of fused-ring (bicyclic) bond motifs is 2. The van der Waals surface area contributed by atoms with Crippen molar-refractivity contribution < 1.29 is 22.7 Å². The Morgan fingerprint density at radius 2 is 2.00 bits per heavy atom. The van der Waals surface area contributed by atoms with Crippen LogP contribution in [0.25, 0.3) is 22.2 Å². The van der Waals surface area contributed by atoms with Gasteiger partial charge in [0.15, 0.2) is 11.1 Å². The van der Waals surface area contributed by atoms with Gasteiger partial charge in [0.2, 0.25) is 0 Å². The summed E-state index contributed by atoms with van der Waals surface area (Å²) in [5.41, 5.74) is 4.97. The van der Waals surface area contributed by atoms with Crippen LogP contribution in [0.4, 0.5) is 4.39 Å². The standard InChI is InChI=1S/C25H22FN3O4S/c1-2-18-19(5-8-23(24(18)26)34(31)32)25(30)29-9-10-33-22-7-4-15(11-17(22)13-29)16-3-6-20-21(12-16)28-14-27-20/h3-8,11-12,14H,2,9-10,13H2,1H3,(H,27,28)(H,31,32). The smallest absolute Gasteiger partial charge is 0.254 e. The largest absolute Gasteiger partial charge is 0.491 e. The summed E-state index contributed by atoms with van der Waals surface area (Å²) in [6, 6.07) is 14.5. The molecule has 4 aromatic rings. The summed E-state index contributed by atoms with van der Waals surface area (Å²) in [7, 11) is 0. The van der Waals surface area contributed by atoms with Crippen molar-refractivity contribution in [2.75, 3.05) is 13.2 Å². The molecule has 0 radical (unpaired) electrons. The van der Waals surface area contributed by atoms with Gasteiger partial charge >= 0.3 is 0 Å². The fourth-order valence-electron chi connectivity index (χ4n) is 4.31. The van der Waals surface area contributed by atoms with Crippen LogP contribution in [0.2, 0.25) is 0 Å². The number of carbonyl (C=O) groups excluding carboxylic acids is 1. The lowest BCUT2D eigenvalue weighted by molar-refractivity contribution is 0.0731. The van der Waals surface area contributed by atoms with Crippen LogP contribution in [0.3, 0.4) is 0 Å².